The first-order valence-corrected chi connectivity index (χ1v) is 3.99. The SMILES string of the molecule is Cn1nnnc1-n1cc(Br)cn1. The maximum atomic E-state index is 4.03. The predicted molar refractivity (Wildman–Crippen MR) is 43.6 cm³/mol. The Bertz CT molecular complexity index is 390. The largest absolute Gasteiger partial charge is 0.270 e. The molecule has 0 amide bonds. The minimum absolute atomic E-state index is 0.584. The molecule has 2 aromatic heterocycles. The van der Waals surface area contributed by atoms with E-state index in [4.69, 9.17) is 0 Å². The zero-order valence-electron chi connectivity index (χ0n) is 6.22. The molecule has 0 bridgehead atoms. The standard InChI is InChI=1S/C5H5BrN6/c1-11-5(8-9-10-11)12-3-4(6)2-7-12/h2-3H,1H3. The third-order valence-corrected chi connectivity index (χ3v) is 1.76. The summed E-state index contributed by atoms with van der Waals surface area (Å²) in [5, 5.41) is 15.0. The second kappa shape index (κ2) is 2.67. The van der Waals surface area contributed by atoms with E-state index in [0.717, 1.165) is 4.47 Å². The zero-order chi connectivity index (χ0) is 8.55. The van der Waals surface area contributed by atoms with E-state index in [1.807, 2.05) is 0 Å². The molecule has 0 fully saturated rings. The van der Waals surface area contributed by atoms with Gasteiger partial charge in [0.05, 0.1) is 10.7 Å². The van der Waals surface area contributed by atoms with Crippen LogP contribution in [0.25, 0.3) is 5.95 Å². The van der Waals surface area contributed by atoms with E-state index in [0.29, 0.717) is 5.95 Å². The number of hydrogen-bond donors (Lipinski definition) is 0. The molecular formula is C5H5BrN6. The van der Waals surface area contributed by atoms with Crippen molar-refractivity contribution in [1.29, 1.82) is 0 Å². The van der Waals surface area contributed by atoms with Crippen molar-refractivity contribution in [3.05, 3.63) is 16.9 Å². The number of aryl methyl sites for hydroxylation is 1. The van der Waals surface area contributed by atoms with Crippen LogP contribution in [-0.4, -0.2) is 30.0 Å². The Labute approximate surface area is 76.3 Å². The number of nitrogens with zero attached hydrogens (tertiary/aromatic N) is 6. The van der Waals surface area contributed by atoms with Crippen molar-refractivity contribution in [2.75, 3.05) is 0 Å². The highest BCUT2D eigenvalue weighted by Crippen LogP contribution is 2.08. The number of tetrazole rings is 1. The van der Waals surface area contributed by atoms with Crippen molar-refractivity contribution in [2.45, 2.75) is 0 Å². The molecule has 0 unspecified atom stereocenters. The predicted octanol–water partition coefficient (Wildman–Crippen LogP) is 0.158. The molecule has 0 radical (unpaired) electrons. The second-order valence-corrected chi connectivity index (χ2v) is 3.12. The van der Waals surface area contributed by atoms with Crippen LogP contribution in [0.15, 0.2) is 16.9 Å². The smallest absolute Gasteiger partial charge is 0.213 e. The van der Waals surface area contributed by atoms with Gasteiger partial charge in [-0.05, 0) is 26.4 Å². The molecule has 0 aliphatic carbocycles. The molecule has 0 atom stereocenters. The monoisotopic (exact) mass is 228 g/mol. The zero-order valence-corrected chi connectivity index (χ0v) is 7.80. The molecule has 0 aliphatic heterocycles. The van der Waals surface area contributed by atoms with Gasteiger partial charge in [-0.1, -0.05) is 5.10 Å². The van der Waals surface area contributed by atoms with Gasteiger partial charge in [-0.15, -0.1) is 0 Å². The summed E-state index contributed by atoms with van der Waals surface area (Å²) in [4.78, 5) is 0. The molecule has 0 aliphatic rings. The summed E-state index contributed by atoms with van der Waals surface area (Å²) in [5.74, 6) is 0.584. The number of hydrogen-bond acceptors (Lipinski definition) is 4. The molecule has 2 rings (SSSR count). The van der Waals surface area contributed by atoms with Gasteiger partial charge in [0.1, 0.15) is 0 Å². The third kappa shape index (κ3) is 1.11. The van der Waals surface area contributed by atoms with E-state index in [1.54, 1.807) is 28.8 Å². The van der Waals surface area contributed by atoms with Crippen molar-refractivity contribution in [1.82, 2.24) is 30.0 Å². The topological polar surface area (TPSA) is 61.4 Å². The molecule has 2 aromatic rings. The van der Waals surface area contributed by atoms with Crippen LogP contribution in [0.3, 0.4) is 0 Å². The Morgan fingerprint density at radius 3 is 2.83 bits per heavy atom. The van der Waals surface area contributed by atoms with E-state index in [9.17, 15) is 0 Å². The Morgan fingerprint density at radius 2 is 2.33 bits per heavy atom. The van der Waals surface area contributed by atoms with Crippen LogP contribution >= 0.6 is 15.9 Å². The Kier molecular flexibility index (Phi) is 1.65. The van der Waals surface area contributed by atoms with E-state index in [2.05, 4.69) is 36.6 Å². The first-order chi connectivity index (χ1) is 5.77. The molecule has 0 saturated heterocycles. The Morgan fingerprint density at radius 1 is 1.50 bits per heavy atom. The summed E-state index contributed by atoms with van der Waals surface area (Å²) in [6.45, 7) is 0. The fourth-order valence-electron chi connectivity index (χ4n) is 0.829. The van der Waals surface area contributed by atoms with Gasteiger partial charge in [-0.2, -0.15) is 5.10 Å². The highest BCUT2D eigenvalue weighted by Gasteiger charge is 2.04. The highest BCUT2D eigenvalue weighted by molar-refractivity contribution is 9.10. The van der Waals surface area contributed by atoms with Gasteiger partial charge in [-0.25, -0.2) is 9.36 Å². The molecule has 0 spiro atoms. The van der Waals surface area contributed by atoms with Crippen LogP contribution in [0.4, 0.5) is 0 Å². The lowest BCUT2D eigenvalue weighted by Crippen LogP contribution is -2.04. The van der Waals surface area contributed by atoms with E-state index in [-0.39, 0.29) is 0 Å². The van der Waals surface area contributed by atoms with Gasteiger partial charge < -0.3 is 0 Å². The van der Waals surface area contributed by atoms with E-state index < -0.39 is 0 Å². The van der Waals surface area contributed by atoms with Gasteiger partial charge in [-0.3, -0.25) is 0 Å². The summed E-state index contributed by atoms with van der Waals surface area (Å²) in [7, 11) is 1.75. The lowest BCUT2D eigenvalue weighted by molar-refractivity contribution is 0.671. The van der Waals surface area contributed by atoms with Crippen molar-refractivity contribution >= 4 is 15.9 Å². The molecule has 62 valence electrons. The van der Waals surface area contributed by atoms with Gasteiger partial charge in [0.2, 0.25) is 0 Å². The molecule has 0 aromatic carbocycles. The fourth-order valence-corrected chi connectivity index (χ4v) is 1.11. The van der Waals surface area contributed by atoms with Gasteiger partial charge in [0, 0.05) is 13.2 Å². The molecule has 0 saturated carbocycles. The van der Waals surface area contributed by atoms with Crippen molar-refractivity contribution < 1.29 is 0 Å². The molecule has 2 heterocycles. The summed E-state index contributed by atoms with van der Waals surface area (Å²) in [5.41, 5.74) is 0. The van der Waals surface area contributed by atoms with E-state index in [1.165, 1.54) is 0 Å². The molecule has 0 N–H and O–H groups in total. The van der Waals surface area contributed by atoms with Crippen LogP contribution in [0.2, 0.25) is 0 Å². The van der Waals surface area contributed by atoms with Crippen LogP contribution in [0.1, 0.15) is 0 Å². The van der Waals surface area contributed by atoms with Crippen molar-refractivity contribution in [2.24, 2.45) is 7.05 Å². The first kappa shape index (κ1) is 7.41. The minimum atomic E-state index is 0.584. The van der Waals surface area contributed by atoms with Gasteiger partial charge in [0.15, 0.2) is 0 Å². The maximum Gasteiger partial charge on any atom is 0.270 e. The van der Waals surface area contributed by atoms with Crippen LogP contribution in [-0.2, 0) is 7.05 Å². The van der Waals surface area contributed by atoms with Gasteiger partial charge >= 0.3 is 0 Å². The average molecular weight is 229 g/mol. The van der Waals surface area contributed by atoms with Crippen molar-refractivity contribution in [3.8, 4) is 5.95 Å². The van der Waals surface area contributed by atoms with Crippen LogP contribution in [0, 0.1) is 0 Å². The lowest BCUT2D eigenvalue weighted by atomic mass is 10.7. The summed E-state index contributed by atoms with van der Waals surface area (Å²) in [6, 6.07) is 0. The summed E-state index contributed by atoms with van der Waals surface area (Å²) >= 11 is 3.28. The van der Waals surface area contributed by atoms with Crippen LogP contribution < -0.4 is 0 Å². The second-order valence-electron chi connectivity index (χ2n) is 2.21. The highest BCUT2D eigenvalue weighted by atomic mass is 79.9. The normalized spacial score (nSPS) is 10.5. The number of aromatic nitrogens is 6. The molecule has 12 heavy (non-hydrogen) atoms. The summed E-state index contributed by atoms with van der Waals surface area (Å²) in [6.07, 6.45) is 3.46. The number of rotatable bonds is 1. The van der Waals surface area contributed by atoms with Crippen molar-refractivity contribution in [3.63, 3.8) is 0 Å². The lowest BCUT2D eigenvalue weighted by Gasteiger charge is -1.94. The minimum Gasteiger partial charge on any atom is -0.213 e. The van der Waals surface area contributed by atoms with E-state index >= 15 is 0 Å². The van der Waals surface area contributed by atoms with Gasteiger partial charge in [0.25, 0.3) is 5.95 Å². The molecule has 6 nitrogen and oxygen atoms in total. The quantitative estimate of drug-likeness (QED) is 0.698. The Hall–Kier alpha value is -1.24. The average Bonchev–Trinajstić information content (AvgIpc) is 2.58. The molecular weight excluding hydrogens is 224 g/mol. The Balaban J connectivity index is 2.50. The van der Waals surface area contributed by atoms with Crippen LogP contribution in [0.5, 0.6) is 0 Å². The number of halogens is 1. The maximum absolute atomic E-state index is 4.03. The molecule has 7 heteroatoms. The fraction of sp³-hybridized carbons (Fsp3) is 0.200. The summed E-state index contributed by atoms with van der Waals surface area (Å²) < 4.78 is 4.02. The first-order valence-electron chi connectivity index (χ1n) is 3.20. The third-order valence-electron chi connectivity index (χ3n) is 1.35.